The predicted octanol–water partition coefficient (Wildman–Crippen LogP) is 4.86. The van der Waals surface area contributed by atoms with E-state index in [1.54, 1.807) is 18.4 Å². The number of anilines is 1. The molecule has 7 heteroatoms. The van der Waals surface area contributed by atoms with Gasteiger partial charge in [-0.05, 0) is 42.8 Å². The average molecular weight is 486 g/mol. The van der Waals surface area contributed by atoms with Crippen molar-refractivity contribution in [2.45, 2.75) is 12.8 Å². The van der Waals surface area contributed by atoms with Crippen LogP contribution < -0.4 is 9.64 Å². The topological polar surface area (TPSA) is 45.7 Å². The van der Waals surface area contributed by atoms with Crippen molar-refractivity contribution in [1.29, 1.82) is 0 Å². The van der Waals surface area contributed by atoms with E-state index < -0.39 is 0 Å². The quantitative estimate of drug-likeness (QED) is 0.517. The highest BCUT2D eigenvalue weighted by Crippen LogP contribution is 2.27. The summed E-state index contributed by atoms with van der Waals surface area (Å²) in [5.74, 6) is 1.01. The molecule has 0 N–H and O–H groups in total. The molecule has 1 fully saturated rings. The Kier molecular flexibility index (Phi) is 6.69. The zero-order valence-electron chi connectivity index (χ0n) is 16.9. The first-order valence-electron chi connectivity index (χ1n) is 9.99. The number of aromatic nitrogens is 1. The number of carbonyl (C=O) groups excluding carboxylic acids is 1. The molecule has 0 saturated carbocycles. The van der Waals surface area contributed by atoms with E-state index >= 15 is 0 Å². The molecule has 3 aromatic rings. The van der Waals surface area contributed by atoms with Crippen molar-refractivity contribution in [2.75, 3.05) is 38.2 Å². The standard InChI is InChI=1S/C23H24BrN3O2S/c1-29-21-8-6-20(7-9-21)26-10-3-11-27(13-12-26)22(28)15-19-16-30-23(25-19)17-4-2-5-18(24)14-17/h2,4-9,14,16H,3,10-13,15H2,1H3. The van der Waals surface area contributed by atoms with Crippen molar-refractivity contribution in [3.63, 3.8) is 0 Å². The number of ether oxygens (including phenoxy) is 1. The summed E-state index contributed by atoms with van der Waals surface area (Å²) >= 11 is 5.08. The van der Waals surface area contributed by atoms with E-state index in [1.165, 1.54) is 5.69 Å². The van der Waals surface area contributed by atoms with Gasteiger partial charge in [-0.15, -0.1) is 11.3 Å². The summed E-state index contributed by atoms with van der Waals surface area (Å²) in [5, 5.41) is 2.94. The zero-order chi connectivity index (χ0) is 20.9. The molecule has 0 aliphatic carbocycles. The number of nitrogens with zero attached hydrogens (tertiary/aromatic N) is 3. The molecule has 0 radical (unpaired) electrons. The third-order valence-electron chi connectivity index (χ3n) is 5.24. The summed E-state index contributed by atoms with van der Waals surface area (Å²) in [5.41, 5.74) is 3.08. The van der Waals surface area contributed by atoms with Gasteiger partial charge in [0.05, 0.1) is 19.2 Å². The first-order chi connectivity index (χ1) is 14.6. The maximum absolute atomic E-state index is 12.9. The minimum Gasteiger partial charge on any atom is -0.497 e. The minimum absolute atomic E-state index is 0.151. The Hall–Kier alpha value is -2.38. The lowest BCUT2D eigenvalue weighted by Crippen LogP contribution is -2.36. The van der Waals surface area contributed by atoms with Crippen LogP contribution in [0.4, 0.5) is 5.69 Å². The number of hydrogen-bond donors (Lipinski definition) is 0. The summed E-state index contributed by atoms with van der Waals surface area (Å²) in [6.07, 6.45) is 1.31. The van der Waals surface area contributed by atoms with Crippen LogP contribution in [0.3, 0.4) is 0 Å². The van der Waals surface area contributed by atoms with Gasteiger partial charge in [0.2, 0.25) is 5.91 Å². The molecule has 2 heterocycles. The molecular formula is C23H24BrN3O2S. The van der Waals surface area contributed by atoms with Crippen molar-refractivity contribution >= 4 is 38.9 Å². The molecule has 0 atom stereocenters. The monoisotopic (exact) mass is 485 g/mol. The highest BCUT2D eigenvalue weighted by molar-refractivity contribution is 9.10. The van der Waals surface area contributed by atoms with E-state index in [0.717, 1.165) is 59.1 Å². The molecule has 1 amide bonds. The van der Waals surface area contributed by atoms with Gasteiger partial charge in [0.25, 0.3) is 0 Å². The predicted molar refractivity (Wildman–Crippen MR) is 125 cm³/mol. The fourth-order valence-corrected chi connectivity index (χ4v) is 4.84. The van der Waals surface area contributed by atoms with Gasteiger partial charge in [0.15, 0.2) is 0 Å². The highest BCUT2D eigenvalue weighted by atomic mass is 79.9. The first kappa shape index (κ1) is 20.9. The number of methoxy groups -OCH3 is 1. The van der Waals surface area contributed by atoms with E-state index in [4.69, 9.17) is 4.74 Å². The van der Waals surface area contributed by atoms with Crippen LogP contribution >= 0.6 is 27.3 Å². The number of rotatable bonds is 5. The summed E-state index contributed by atoms with van der Waals surface area (Å²) in [7, 11) is 1.68. The molecule has 5 nitrogen and oxygen atoms in total. The summed E-state index contributed by atoms with van der Waals surface area (Å²) in [4.78, 5) is 21.9. The highest BCUT2D eigenvalue weighted by Gasteiger charge is 2.20. The fourth-order valence-electron chi connectivity index (χ4n) is 3.63. The number of hydrogen-bond acceptors (Lipinski definition) is 5. The second kappa shape index (κ2) is 9.62. The number of amides is 1. The molecule has 156 valence electrons. The molecule has 1 aliphatic rings. The minimum atomic E-state index is 0.151. The van der Waals surface area contributed by atoms with Gasteiger partial charge in [-0.2, -0.15) is 0 Å². The van der Waals surface area contributed by atoms with E-state index in [1.807, 2.05) is 46.7 Å². The molecule has 2 aromatic carbocycles. The van der Waals surface area contributed by atoms with Crippen LogP contribution in [0.2, 0.25) is 0 Å². The van der Waals surface area contributed by atoms with Crippen molar-refractivity contribution in [3.8, 4) is 16.3 Å². The smallest absolute Gasteiger partial charge is 0.228 e. The Morgan fingerprint density at radius 1 is 1.13 bits per heavy atom. The fraction of sp³-hybridized carbons (Fsp3) is 0.304. The van der Waals surface area contributed by atoms with E-state index in [2.05, 4.69) is 37.9 Å². The lowest BCUT2D eigenvalue weighted by atomic mass is 10.2. The third-order valence-corrected chi connectivity index (χ3v) is 6.68. The molecule has 1 aliphatic heterocycles. The van der Waals surface area contributed by atoms with Gasteiger partial charge < -0.3 is 14.5 Å². The van der Waals surface area contributed by atoms with Gasteiger partial charge in [-0.1, -0.05) is 28.1 Å². The second-order valence-corrected chi connectivity index (χ2v) is 9.02. The van der Waals surface area contributed by atoms with Crippen LogP contribution in [-0.4, -0.2) is 49.1 Å². The van der Waals surface area contributed by atoms with Crippen LogP contribution in [0.15, 0.2) is 58.4 Å². The summed E-state index contributed by atoms with van der Waals surface area (Å²) in [6, 6.07) is 16.2. The van der Waals surface area contributed by atoms with E-state index in [0.29, 0.717) is 6.42 Å². The largest absolute Gasteiger partial charge is 0.497 e. The Bertz CT molecular complexity index is 1010. The van der Waals surface area contributed by atoms with Crippen LogP contribution in [0.5, 0.6) is 5.75 Å². The first-order valence-corrected chi connectivity index (χ1v) is 11.7. The average Bonchev–Trinajstić information content (AvgIpc) is 3.08. The molecule has 4 rings (SSSR count). The second-order valence-electron chi connectivity index (χ2n) is 7.25. The van der Waals surface area contributed by atoms with Gasteiger partial charge in [0, 0.05) is 47.3 Å². The molecule has 0 bridgehead atoms. The Balaban J connectivity index is 1.36. The van der Waals surface area contributed by atoms with Crippen LogP contribution in [0.1, 0.15) is 12.1 Å². The number of thiazole rings is 1. The van der Waals surface area contributed by atoms with Crippen molar-refractivity contribution in [3.05, 3.63) is 64.1 Å². The van der Waals surface area contributed by atoms with Gasteiger partial charge in [0.1, 0.15) is 10.8 Å². The van der Waals surface area contributed by atoms with Crippen LogP contribution in [0.25, 0.3) is 10.6 Å². The lowest BCUT2D eigenvalue weighted by molar-refractivity contribution is -0.130. The Morgan fingerprint density at radius 3 is 2.73 bits per heavy atom. The lowest BCUT2D eigenvalue weighted by Gasteiger charge is -2.23. The van der Waals surface area contributed by atoms with Crippen LogP contribution in [0, 0.1) is 0 Å². The number of benzene rings is 2. The third kappa shape index (κ3) is 5.02. The van der Waals surface area contributed by atoms with E-state index in [9.17, 15) is 4.79 Å². The Labute approximate surface area is 189 Å². The van der Waals surface area contributed by atoms with Gasteiger partial charge in [-0.3, -0.25) is 4.79 Å². The summed E-state index contributed by atoms with van der Waals surface area (Å²) < 4.78 is 6.27. The van der Waals surface area contributed by atoms with Crippen LogP contribution in [-0.2, 0) is 11.2 Å². The zero-order valence-corrected chi connectivity index (χ0v) is 19.3. The Morgan fingerprint density at radius 2 is 1.97 bits per heavy atom. The number of carbonyl (C=O) groups is 1. The van der Waals surface area contributed by atoms with Gasteiger partial charge in [-0.25, -0.2) is 4.98 Å². The molecule has 1 saturated heterocycles. The molecule has 1 aromatic heterocycles. The van der Waals surface area contributed by atoms with Gasteiger partial charge >= 0.3 is 0 Å². The molecule has 0 spiro atoms. The van der Waals surface area contributed by atoms with Crippen molar-refractivity contribution < 1.29 is 9.53 Å². The van der Waals surface area contributed by atoms with Crippen molar-refractivity contribution in [1.82, 2.24) is 9.88 Å². The van der Waals surface area contributed by atoms with Crippen molar-refractivity contribution in [2.24, 2.45) is 0 Å². The SMILES string of the molecule is COc1ccc(N2CCCN(C(=O)Cc3csc(-c4cccc(Br)c4)n3)CC2)cc1. The maximum Gasteiger partial charge on any atom is 0.228 e. The van der Waals surface area contributed by atoms with E-state index in [-0.39, 0.29) is 5.91 Å². The molecule has 30 heavy (non-hydrogen) atoms. The molecular weight excluding hydrogens is 462 g/mol. The molecule has 0 unspecified atom stereocenters. The summed E-state index contributed by atoms with van der Waals surface area (Å²) in [6.45, 7) is 3.29. The number of halogens is 1. The normalized spacial score (nSPS) is 14.5. The maximum atomic E-state index is 12.9.